The van der Waals surface area contributed by atoms with Gasteiger partial charge in [0.05, 0.1) is 11.7 Å². The highest BCUT2D eigenvalue weighted by Gasteiger charge is 2.20. The Bertz CT molecular complexity index is 1060. The van der Waals surface area contributed by atoms with Crippen molar-refractivity contribution in [3.05, 3.63) is 88.5 Å². The summed E-state index contributed by atoms with van der Waals surface area (Å²) in [6, 6.07) is 17.2. The number of carbonyl (C=O) groups excluding carboxylic acids is 1. The smallest absolute Gasteiger partial charge is 0.254 e. The second-order valence-corrected chi connectivity index (χ2v) is 7.60. The molecule has 0 radical (unpaired) electrons. The number of amides is 1. The molecule has 1 aromatic carbocycles. The lowest BCUT2D eigenvalue weighted by atomic mass is 10.1. The van der Waals surface area contributed by atoms with Crippen molar-refractivity contribution in [2.75, 3.05) is 7.05 Å². The topological polar surface area (TPSA) is 46.8 Å². The Kier molecular flexibility index (Phi) is 5.12. The minimum atomic E-state index is -0.0286. The Balaban J connectivity index is 1.45. The van der Waals surface area contributed by atoms with Crippen molar-refractivity contribution in [3.8, 4) is 5.75 Å². The Morgan fingerprint density at radius 3 is 2.89 bits per heavy atom. The third-order valence-corrected chi connectivity index (χ3v) is 5.78. The summed E-state index contributed by atoms with van der Waals surface area (Å²) in [5.74, 6) is 0.624. The van der Waals surface area contributed by atoms with E-state index in [1.807, 2.05) is 84.7 Å². The van der Waals surface area contributed by atoms with Crippen LogP contribution in [0, 0.1) is 0 Å². The first-order chi connectivity index (χ1) is 13.6. The van der Waals surface area contributed by atoms with E-state index in [1.54, 1.807) is 22.3 Å². The van der Waals surface area contributed by atoms with Crippen LogP contribution < -0.4 is 4.74 Å². The molecule has 1 atom stereocenters. The maximum Gasteiger partial charge on any atom is 0.254 e. The number of benzene rings is 1. The maximum atomic E-state index is 12.9. The second-order valence-electron chi connectivity index (χ2n) is 6.62. The van der Waals surface area contributed by atoms with Crippen LogP contribution >= 0.6 is 11.3 Å². The SMILES string of the molecule is C[C@H](c1cccs1)N(C)C(=O)c1cccc(OCc2cn3ccccc3n2)c1. The quantitative estimate of drug-likeness (QED) is 0.474. The number of carbonyl (C=O) groups is 1. The predicted octanol–water partition coefficient (Wildman–Crippen LogP) is 4.81. The van der Waals surface area contributed by atoms with Gasteiger partial charge in [-0.05, 0) is 48.7 Å². The number of hydrogen-bond acceptors (Lipinski definition) is 4. The van der Waals surface area contributed by atoms with Crippen molar-refractivity contribution < 1.29 is 9.53 Å². The van der Waals surface area contributed by atoms with Gasteiger partial charge in [0.1, 0.15) is 18.0 Å². The van der Waals surface area contributed by atoms with Crippen LogP contribution in [0.2, 0.25) is 0 Å². The minimum Gasteiger partial charge on any atom is -0.487 e. The van der Waals surface area contributed by atoms with E-state index in [4.69, 9.17) is 4.74 Å². The molecule has 0 N–H and O–H groups in total. The molecule has 0 aliphatic heterocycles. The van der Waals surface area contributed by atoms with Gasteiger partial charge in [-0.3, -0.25) is 4.79 Å². The monoisotopic (exact) mass is 391 g/mol. The largest absolute Gasteiger partial charge is 0.487 e. The summed E-state index contributed by atoms with van der Waals surface area (Å²) < 4.78 is 7.84. The lowest BCUT2D eigenvalue weighted by Gasteiger charge is -2.24. The molecule has 0 saturated carbocycles. The van der Waals surface area contributed by atoms with Gasteiger partial charge in [-0.25, -0.2) is 4.98 Å². The van der Waals surface area contributed by atoms with Crippen molar-refractivity contribution in [2.45, 2.75) is 19.6 Å². The minimum absolute atomic E-state index is 0.0232. The van der Waals surface area contributed by atoms with E-state index in [0.29, 0.717) is 17.9 Å². The van der Waals surface area contributed by atoms with Crippen LogP contribution in [0.25, 0.3) is 5.65 Å². The molecule has 0 spiro atoms. The summed E-state index contributed by atoms with van der Waals surface area (Å²) in [6.07, 6.45) is 3.90. The third-order valence-electron chi connectivity index (χ3n) is 4.74. The molecular weight excluding hydrogens is 370 g/mol. The van der Waals surface area contributed by atoms with Crippen molar-refractivity contribution in [1.29, 1.82) is 0 Å². The van der Waals surface area contributed by atoms with E-state index in [9.17, 15) is 4.79 Å². The molecule has 0 fully saturated rings. The summed E-state index contributed by atoms with van der Waals surface area (Å²) in [4.78, 5) is 20.3. The van der Waals surface area contributed by atoms with E-state index in [0.717, 1.165) is 16.2 Å². The van der Waals surface area contributed by atoms with Crippen molar-refractivity contribution >= 4 is 22.9 Å². The number of nitrogens with zero attached hydrogens (tertiary/aromatic N) is 3. The summed E-state index contributed by atoms with van der Waals surface area (Å²) >= 11 is 1.65. The van der Waals surface area contributed by atoms with E-state index in [1.165, 1.54) is 0 Å². The van der Waals surface area contributed by atoms with Gasteiger partial charge in [0.25, 0.3) is 5.91 Å². The number of hydrogen-bond donors (Lipinski definition) is 0. The first-order valence-electron chi connectivity index (χ1n) is 9.08. The number of pyridine rings is 1. The molecule has 0 saturated heterocycles. The second kappa shape index (κ2) is 7.86. The van der Waals surface area contributed by atoms with E-state index in [2.05, 4.69) is 4.98 Å². The number of ether oxygens (including phenoxy) is 1. The molecule has 6 heteroatoms. The normalized spacial score (nSPS) is 12.1. The summed E-state index contributed by atoms with van der Waals surface area (Å²) in [5.41, 5.74) is 2.33. The average Bonchev–Trinajstić information content (AvgIpc) is 3.40. The zero-order valence-electron chi connectivity index (χ0n) is 15.8. The maximum absolute atomic E-state index is 12.9. The molecule has 4 rings (SSSR count). The molecule has 4 aromatic rings. The fourth-order valence-corrected chi connectivity index (χ4v) is 3.86. The van der Waals surface area contributed by atoms with E-state index in [-0.39, 0.29) is 11.9 Å². The molecule has 1 amide bonds. The molecule has 5 nitrogen and oxygen atoms in total. The molecule has 28 heavy (non-hydrogen) atoms. The van der Waals surface area contributed by atoms with Crippen LogP contribution in [0.5, 0.6) is 5.75 Å². The average molecular weight is 391 g/mol. The van der Waals surface area contributed by atoms with Gasteiger partial charge in [-0.1, -0.05) is 18.2 Å². The van der Waals surface area contributed by atoms with E-state index < -0.39 is 0 Å². The Labute approximate surface area is 167 Å². The van der Waals surface area contributed by atoms with Gasteiger partial charge in [0.2, 0.25) is 0 Å². The lowest BCUT2D eigenvalue weighted by molar-refractivity contribution is 0.0744. The zero-order valence-corrected chi connectivity index (χ0v) is 16.6. The fourth-order valence-electron chi connectivity index (χ4n) is 3.03. The van der Waals surface area contributed by atoms with Crippen LogP contribution in [-0.4, -0.2) is 27.2 Å². The Morgan fingerprint density at radius 2 is 2.11 bits per heavy atom. The van der Waals surface area contributed by atoms with Gasteiger partial charge in [-0.2, -0.15) is 0 Å². The van der Waals surface area contributed by atoms with Gasteiger partial charge >= 0.3 is 0 Å². The number of fused-ring (bicyclic) bond motifs is 1. The molecule has 3 aromatic heterocycles. The summed E-state index contributed by atoms with van der Waals surface area (Å²) in [6.45, 7) is 2.38. The highest BCUT2D eigenvalue weighted by atomic mass is 32.1. The first kappa shape index (κ1) is 18.3. The first-order valence-corrected chi connectivity index (χ1v) is 9.96. The molecule has 0 bridgehead atoms. The predicted molar refractivity (Wildman–Crippen MR) is 111 cm³/mol. The highest BCUT2D eigenvalue weighted by Crippen LogP contribution is 2.25. The van der Waals surface area contributed by atoms with Gasteiger partial charge in [0.15, 0.2) is 0 Å². The molecule has 3 heterocycles. The van der Waals surface area contributed by atoms with Crippen LogP contribution in [0.3, 0.4) is 0 Å². The standard InChI is InChI=1S/C22H21N3O2S/c1-16(20-9-6-12-28-20)24(2)22(26)17-7-5-8-19(13-17)27-15-18-14-25-11-4-3-10-21(25)23-18/h3-14,16H,15H2,1-2H3/t16-/m1/s1. The molecule has 142 valence electrons. The fraction of sp³-hybridized carbons (Fsp3) is 0.182. The van der Waals surface area contributed by atoms with Crippen molar-refractivity contribution in [3.63, 3.8) is 0 Å². The third kappa shape index (κ3) is 3.77. The molecule has 0 unspecified atom stereocenters. The highest BCUT2D eigenvalue weighted by molar-refractivity contribution is 7.10. The van der Waals surface area contributed by atoms with Crippen molar-refractivity contribution in [1.82, 2.24) is 14.3 Å². The van der Waals surface area contributed by atoms with Crippen molar-refractivity contribution in [2.24, 2.45) is 0 Å². The van der Waals surface area contributed by atoms with Gasteiger partial charge in [0, 0.05) is 29.9 Å². The van der Waals surface area contributed by atoms with E-state index >= 15 is 0 Å². The zero-order chi connectivity index (χ0) is 19.5. The van der Waals surface area contributed by atoms with Crippen LogP contribution in [0.4, 0.5) is 0 Å². The van der Waals surface area contributed by atoms with Gasteiger partial charge < -0.3 is 14.0 Å². The molecule has 0 aliphatic rings. The van der Waals surface area contributed by atoms with Crippen LogP contribution in [-0.2, 0) is 6.61 Å². The Morgan fingerprint density at radius 1 is 1.21 bits per heavy atom. The van der Waals surface area contributed by atoms with Crippen LogP contribution in [0.1, 0.15) is 33.9 Å². The van der Waals surface area contributed by atoms with Gasteiger partial charge in [-0.15, -0.1) is 11.3 Å². The lowest BCUT2D eigenvalue weighted by Crippen LogP contribution is -2.29. The summed E-state index contributed by atoms with van der Waals surface area (Å²) in [7, 11) is 1.83. The summed E-state index contributed by atoms with van der Waals surface area (Å²) in [5, 5.41) is 2.03. The molecule has 0 aliphatic carbocycles. The Hall–Kier alpha value is -3.12. The number of rotatable bonds is 6. The number of imidazole rings is 1. The van der Waals surface area contributed by atoms with Crippen LogP contribution in [0.15, 0.2) is 72.4 Å². The molecular formula is C22H21N3O2S. The number of aromatic nitrogens is 2. The number of thiophene rings is 1.